The number of carbonyl (C=O) groups is 2. The molecule has 0 unspecified atom stereocenters. The maximum absolute atomic E-state index is 11.3. The van der Waals surface area contributed by atoms with Gasteiger partial charge in [0.1, 0.15) is 6.11 Å². The Balaban J connectivity index is 2.40. The summed E-state index contributed by atoms with van der Waals surface area (Å²) in [7, 11) is 0. The molecular formula is C13H13NO4. The van der Waals surface area contributed by atoms with Gasteiger partial charge >= 0.3 is 5.97 Å². The SMILES string of the molecule is CC#COCC(=O)NCc1ccc(C(=O)O)cc1. The molecule has 0 fully saturated rings. The number of aromatic carboxylic acids is 1. The first-order valence-electron chi connectivity index (χ1n) is 5.26. The normalized spacial score (nSPS) is 8.94. The minimum Gasteiger partial charge on any atom is -0.478 e. The molecule has 0 heterocycles. The predicted molar refractivity (Wildman–Crippen MR) is 64.7 cm³/mol. The van der Waals surface area contributed by atoms with E-state index in [2.05, 4.69) is 17.3 Å². The molecule has 0 spiro atoms. The molecule has 18 heavy (non-hydrogen) atoms. The zero-order valence-electron chi connectivity index (χ0n) is 9.90. The van der Waals surface area contributed by atoms with Crippen LogP contribution in [0.4, 0.5) is 0 Å². The van der Waals surface area contributed by atoms with Crippen LogP contribution in [-0.2, 0) is 16.1 Å². The molecule has 5 nitrogen and oxygen atoms in total. The molecule has 0 atom stereocenters. The molecule has 1 aromatic carbocycles. The highest BCUT2D eigenvalue weighted by Gasteiger charge is 2.03. The highest BCUT2D eigenvalue weighted by Crippen LogP contribution is 2.04. The molecular weight excluding hydrogens is 234 g/mol. The van der Waals surface area contributed by atoms with Gasteiger partial charge in [-0.05, 0) is 17.7 Å². The monoisotopic (exact) mass is 247 g/mol. The molecule has 0 radical (unpaired) electrons. The lowest BCUT2D eigenvalue weighted by Gasteiger charge is -2.04. The van der Waals surface area contributed by atoms with Crippen molar-refractivity contribution in [1.82, 2.24) is 5.32 Å². The highest BCUT2D eigenvalue weighted by molar-refractivity contribution is 5.87. The predicted octanol–water partition coefficient (Wildman–Crippen LogP) is 0.998. The van der Waals surface area contributed by atoms with E-state index in [1.165, 1.54) is 12.1 Å². The maximum atomic E-state index is 11.3. The van der Waals surface area contributed by atoms with Crippen LogP contribution in [0.2, 0.25) is 0 Å². The Morgan fingerprint density at radius 3 is 2.56 bits per heavy atom. The van der Waals surface area contributed by atoms with E-state index < -0.39 is 5.97 Å². The Labute approximate surface area is 105 Å². The first-order valence-corrected chi connectivity index (χ1v) is 5.26. The summed E-state index contributed by atoms with van der Waals surface area (Å²) in [5.74, 6) is 1.25. The van der Waals surface area contributed by atoms with E-state index >= 15 is 0 Å². The molecule has 1 amide bonds. The fourth-order valence-corrected chi connectivity index (χ4v) is 1.19. The van der Waals surface area contributed by atoms with Gasteiger partial charge in [-0.2, -0.15) is 0 Å². The second-order valence-corrected chi connectivity index (χ2v) is 3.42. The summed E-state index contributed by atoms with van der Waals surface area (Å²) in [5.41, 5.74) is 1.03. The van der Waals surface area contributed by atoms with Crippen LogP contribution < -0.4 is 5.32 Å². The fourth-order valence-electron chi connectivity index (χ4n) is 1.19. The number of ether oxygens (including phenoxy) is 1. The Morgan fingerprint density at radius 1 is 1.33 bits per heavy atom. The fraction of sp³-hybridized carbons (Fsp3) is 0.231. The third-order valence-corrected chi connectivity index (χ3v) is 2.07. The molecule has 1 aromatic rings. The average molecular weight is 247 g/mol. The minimum atomic E-state index is -0.975. The summed E-state index contributed by atoms with van der Waals surface area (Å²) >= 11 is 0. The minimum absolute atomic E-state index is 0.117. The molecule has 94 valence electrons. The van der Waals surface area contributed by atoms with E-state index in [-0.39, 0.29) is 18.1 Å². The molecule has 0 aliphatic rings. The molecule has 0 aliphatic carbocycles. The Morgan fingerprint density at radius 2 is 2.00 bits per heavy atom. The van der Waals surface area contributed by atoms with Gasteiger partial charge in [-0.3, -0.25) is 4.79 Å². The van der Waals surface area contributed by atoms with Crippen molar-refractivity contribution in [3.8, 4) is 12.0 Å². The van der Waals surface area contributed by atoms with Gasteiger partial charge in [0, 0.05) is 13.5 Å². The van der Waals surface area contributed by atoms with Crippen molar-refractivity contribution in [3.63, 3.8) is 0 Å². The van der Waals surface area contributed by atoms with E-state index in [1.807, 2.05) is 0 Å². The van der Waals surface area contributed by atoms with E-state index in [4.69, 9.17) is 9.84 Å². The average Bonchev–Trinajstić information content (AvgIpc) is 2.37. The van der Waals surface area contributed by atoms with Gasteiger partial charge in [-0.25, -0.2) is 4.79 Å². The van der Waals surface area contributed by atoms with Gasteiger partial charge in [0.2, 0.25) is 0 Å². The Bertz CT molecular complexity index is 482. The van der Waals surface area contributed by atoms with Gasteiger partial charge in [0.05, 0.1) is 5.56 Å². The topological polar surface area (TPSA) is 75.6 Å². The number of hydrogen-bond acceptors (Lipinski definition) is 3. The van der Waals surface area contributed by atoms with E-state index in [1.54, 1.807) is 19.1 Å². The van der Waals surface area contributed by atoms with Crippen LogP contribution >= 0.6 is 0 Å². The summed E-state index contributed by atoms with van der Waals surface area (Å²) in [5, 5.41) is 11.3. The van der Waals surface area contributed by atoms with E-state index in [0.29, 0.717) is 6.54 Å². The molecule has 0 bridgehead atoms. The Kier molecular flexibility index (Phi) is 5.26. The van der Waals surface area contributed by atoms with Gasteiger partial charge in [0.25, 0.3) is 5.91 Å². The van der Waals surface area contributed by atoms with Crippen molar-refractivity contribution in [3.05, 3.63) is 35.4 Å². The standard InChI is InChI=1S/C13H13NO4/c1-2-7-18-9-12(15)14-8-10-3-5-11(6-4-10)13(16)17/h3-6H,8-9H2,1H3,(H,14,15)(H,16,17). The van der Waals surface area contributed by atoms with Crippen molar-refractivity contribution in [1.29, 1.82) is 0 Å². The first-order chi connectivity index (χ1) is 8.63. The second-order valence-electron chi connectivity index (χ2n) is 3.42. The van der Waals surface area contributed by atoms with Gasteiger partial charge in [0.15, 0.2) is 6.61 Å². The van der Waals surface area contributed by atoms with Crippen molar-refractivity contribution in [2.75, 3.05) is 6.61 Å². The number of rotatable bonds is 5. The molecule has 5 heteroatoms. The number of carboxylic acid groups (broad SMARTS) is 1. The number of carboxylic acids is 1. The summed E-state index contributed by atoms with van der Waals surface area (Å²) in [4.78, 5) is 21.9. The van der Waals surface area contributed by atoms with Crippen LogP contribution in [0.15, 0.2) is 24.3 Å². The zero-order valence-corrected chi connectivity index (χ0v) is 9.90. The summed E-state index contributed by atoms with van der Waals surface area (Å²) in [6, 6.07) is 6.28. The first kappa shape index (κ1) is 13.6. The van der Waals surface area contributed by atoms with Crippen molar-refractivity contribution in [2.24, 2.45) is 0 Å². The van der Waals surface area contributed by atoms with Crippen molar-refractivity contribution < 1.29 is 19.4 Å². The lowest BCUT2D eigenvalue weighted by atomic mass is 10.1. The van der Waals surface area contributed by atoms with Crippen LogP contribution in [-0.4, -0.2) is 23.6 Å². The smallest absolute Gasteiger partial charge is 0.335 e. The third kappa shape index (κ3) is 4.58. The van der Waals surface area contributed by atoms with Crippen LogP contribution in [0.25, 0.3) is 0 Å². The lowest BCUT2D eigenvalue weighted by Crippen LogP contribution is -2.26. The third-order valence-electron chi connectivity index (χ3n) is 2.07. The number of amides is 1. The summed E-state index contributed by atoms with van der Waals surface area (Å²) in [6.45, 7) is 1.82. The molecule has 0 aliphatic heterocycles. The summed E-state index contributed by atoms with van der Waals surface area (Å²) < 4.78 is 4.73. The number of hydrogen-bond donors (Lipinski definition) is 2. The zero-order chi connectivity index (χ0) is 13.4. The Hall–Kier alpha value is -2.48. The van der Waals surface area contributed by atoms with Gasteiger partial charge in [-0.1, -0.05) is 18.1 Å². The van der Waals surface area contributed by atoms with Crippen molar-refractivity contribution in [2.45, 2.75) is 13.5 Å². The lowest BCUT2D eigenvalue weighted by molar-refractivity contribution is -0.123. The molecule has 0 aromatic heterocycles. The van der Waals surface area contributed by atoms with Crippen LogP contribution in [0.1, 0.15) is 22.8 Å². The van der Waals surface area contributed by atoms with Gasteiger partial charge < -0.3 is 15.2 Å². The molecule has 1 rings (SSSR count). The largest absolute Gasteiger partial charge is 0.478 e. The molecule has 0 saturated carbocycles. The second kappa shape index (κ2) is 6.97. The number of benzene rings is 1. The molecule has 2 N–H and O–H groups in total. The van der Waals surface area contributed by atoms with E-state index in [9.17, 15) is 9.59 Å². The quantitative estimate of drug-likeness (QED) is 0.761. The van der Waals surface area contributed by atoms with Crippen molar-refractivity contribution >= 4 is 11.9 Å². The highest BCUT2D eigenvalue weighted by atomic mass is 16.5. The summed E-state index contributed by atoms with van der Waals surface area (Å²) in [6.07, 6.45) is 2.32. The number of nitrogens with one attached hydrogen (secondary N) is 1. The van der Waals surface area contributed by atoms with Gasteiger partial charge in [-0.15, -0.1) is 0 Å². The van der Waals surface area contributed by atoms with Crippen LogP contribution in [0, 0.1) is 12.0 Å². The van der Waals surface area contributed by atoms with Crippen LogP contribution in [0.5, 0.6) is 0 Å². The van der Waals surface area contributed by atoms with Crippen LogP contribution in [0.3, 0.4) is 0 Å². The number of carbonyl (C=O) groups excluding carboxylic acids is 1. The maximum Gasteiger partial charge on any atom is 0.335 e. The molecule has 0 saturated heterocycles. The van der Waals surface area contributed by atoms with E-state index in [0.717, 1.165) is 5.56 Å².